The van der Waals surface area contributed by atoms with Crippen LogP contribution in [0.4, 0.5) is 5.69 Å². The van der Waals surface area contributed by atoms with E-state index in [1.807, 2.05) is 0 Å². The summed E-state index contributed by atoms with van der Waals surface area (Å²) in [5, 5.41) is 3.05. The average Bonchev–Trinajstić information content (AvgIpc) is 2.45. The molecular weight excluding hydrogens is 335 g/mol. The molecule has 7 heteroatoms. The minimum Gasteiger partial charge on any atom is -0.397 e. The lowest BCUT2D eigenvalue weighted by molar-refractivity contribution is 0.0673. The molecule has 0 aromatic carbocycles. The van der Waals surface area contributed by atoms with Crippen LogP contribution in [0.15, 0.2) is 18.3 Å². The Labute approximate surface area is 151 Å². The monoisotopic (exact) mass is 362 g/mol. The van der Waals surface area contributed by atoms with Crippen LogP contribution < -0.4 is 11.1 Å². The van der Waals surface area contributed by atoms with Gasteiger partial charge in [-0.2, -0.15) is 0 Å². The number of nitrogen functional groups attached to an aromatic ring is 1. The van der Waals surface area contributed by atoms with Crippen molar-refractivity contribution in [3.8, 4) is 0 Å². The number of nitrogens with one attached hydrogen (secondary N) is 1. The van der Waals surface area contributed by atoms with Crippen molar-refractivity contribution in [2.24, 2.45) is 5.92 Å². The number of nitrogens with two attached hydrogens (primary N) is 1. The van der Waals surface area contributed by atoms with Gasteiger partial charge in [0, 0.05) is 12.1 Å². The number of aromatic nitrogens is 1. The molecule has 0 radical (unpaired) electrons. The number of amides is 1. The lowest BCUT2D eigenvalue weighted by Gasteiger charge is -2.45. The molecule has 1 heterocycles. The van der Waals surface area contributed by atoms with E-state index in [4.69, 9.17) is 5.73 Å². The molecule has 1 aromatic rings. The van der Waals surface area contributed by atoms with Crippen LogP contribution in [-0.4, -0.2) is 42.0 Å². The number of hydrogen-bond donors (Lipinski definition) is 2. The van der Waals surface area contributed by atoms with Crippen LogP contribution in [-0.2, 0) is 0 Å². The fraction of sp³-hybridized carbons (Fsp3) is 0.625. The fourth-order valence-electron chi connectivity index (χ4n) is 3.23. The number of anilines is 1. The Morgan fingerprint density at radius 2 is 2.13 bits per heavy atom. The van der Waals surface area contributed by atoms with Crippen LogP contribution in [0.3, 0.4) is 0 Å². The Morgan fingerprint density at radius 3 is 2.65 bits per heavy atom. The van der Waals surface area contributed by atoms with E-state index in [1.54, 1.807) is 12.1 Å². The lowest BCUT2D eigenvalue weighted by Crippen LogP contribution is -2.55. The first-order valence-electron chi connectivity index (χ1n) is 7.60. The SMILES string of the molecule is CC1CCCC(CNC(=O)c2ccc(N)cn2)(N(C)C)C1.Cl.Cl. The van der Waals surface area contributed by atoms with Gasteiger partial charge in [-0.1, -0.05) is 19.8 Å². The van der Waals surface area contributed by atoms with E-state index in [0.717, 1.165) is 12.8 Å². The normalized spacial score (nSPS) is 23.6. The van der Waals surface area contributed by atoms with Crippen molar-refractivity contribution < 1.29 is 4.79 Å². The number of carbonyl (C=O) groups excluding carboxylic acids is 1. The van der Waals surface area contributed by atoms with E-state index in [1.165, 1.54) is 19.0 Å². The number of rotatable bonds is 4. The number of carbonyl (C=O) groups is 1. The molecule has 2 unspecified atom stereocenters. The molecule has 0 bridgehead atoms. The van der Waals surface area contributed by atoms with E-state index in [2.05, 4.69) is 36.2 Å². The van der Waals surface area contributed by atoms with E-state index < -0.39 is 0 Å². The van der Waals surface area contributed by atoms with E-state index >= 15 is 0 Å². The molecule has 5 nitrogen and oxygen atoms in total. The third-order valence-corrected chi connectivity index (χ3v) is 4.61. The molecule has 0 aliphatic heterocycles. The minimum absolute atomic E-state index is 0. The molecule has 1 saturated carbocycles. The number of pyridine rings is 1. The Balaban J connectivity index is 0.00000242. The van der Waals surface area contributed by atoms with Gasteiger partial charge in [0.2, 0.25) is 0 Å². The van der Waals surface area contributed by atoms with Gasteiger partial charge in [0.05, 0.1) is 11.9 Å². The van der Waals surface area contributed by atoms with Crippen molar-refractivity contribution in [3.05, 3.63) is 24.0 Å². The second-order valence-corrected chi connectivity index (χ2v) is 6.48. The van der Waals surface area contributed by atoms with Gasteiger partial charge in [0.1, 0.15) is 5.69 Å². The van der Waals surface area contributed by atoms with Crippen molar-refractivity contribution in [2.75, 3.05) is 26.4 Å². The van der Waals surface area contributed by atoms with Gasteiger partial charge in [-0.15, -0.1) is 24.8 Å². The van der Waals surface area contributed by atoms with Crippen molar-refractivity contribution >= 4 is 36.4 Å². The summed E-state index contributed by atoms with van der Waals surface area (Å²) in [4.78, 5) is 18.5. The Bertz CT molecular complexity index is 495. The highest BCUT2D eigenvalue weighted by Gasteiger charge is 2.37. The molecule has 3 N–H and O–H groups in total. The van der Waals surface area contributed by atoms with E-state index in [-0.39, 0.29) is 36.3 Å². The zero-order valence-electron chi connectivity index (χ0n) is 14.0. The predicted molar refractivity (Wildman–Crippen MR) is 99.5 cm³/mol. The van der Waals surface area contributed by atoms with Crippen molar-refractivity contribution in [1.82, 2.24) is 15.2 Å². The summed E-state index contributed by atoms with van der Waals surface area (Å²) >= 11 is 0. The first-order valence-corrected chi connectivity index (χ1v) is 7.60. The Morgan fingerprint density at radius 1 is 1.43 bits per heavy atom. The molecule has 1 aliphatic rings. The van der Waals surface area contributed by atoms with Crippen LogP contribution in [0.2, 0.25) is 0 Å². The predicted octanol–water partition coefficient (Wildman–Crippen LogP) is 2.75. The van der Waals surface area contributed by atoms with Gasteiger partial charge in [-0.3, -0.25) is 4.79 Å². The number of likely N-dealkylation sites (N-methyl/N-ethyl adjacent to an activating group) is 1. The van der Waals surface area contributed by atoms with Gasteiger partial charge < -0.3 is 16.0 Å². The topological polar surface area (TPSA) is 71.2 Å². The van der Waals surface area contributed by atoms with Crippen LogP contribution in [0.25, 0.3) is 0 Å². The van der Waals surface area contributed by atoms with Gasteiger partial charge in [-0.05, 0) is 45.0 Å². The van der Waals surface area contributed by atoms with Crippen LogP contribution in [0.5, 0.6) is 0 Å². The molecular formula is C16H28Cl2N4O. The molecule has 2 rings (SSSR count). The lowest BCUT2D eigenvalue weighted by atomic mass is 9.75. The highest BCUT2D eigenvalue weighted by atomic mass is 35.5. The van der Waals surface area contributed by atoms with Gasteiger partial charge in [0.15, 0.2) is 0 Å². The second kappa shape index (κ2) is 9.30. The van der Waals surface area contributed by atoms with Gasteiger partial charge in [0.25, 0.3) is 5.91 Å². The first-order chi connectivity index (χ1) is 9.93. The van der Waals surface area contributed by atoms with Crippen molar-refractivity contribution in [3.63, 3.8) is 0 Å². The largest absolute Gasteiger partial charge is 0.397 e. The zero-order valence-corrected chi connectivity index (χ0v) is 15.7. The molecule has 0 saturated heterocycles. The smallest absolute Gasteiger partial charge is 0.269 e. The fourth-order valence-corrected chi connectivity index (χ4v) is 3.23. The molecule has 1 aromatic heterocycles. The maximum atomic E-state index is 12.2. The molecule has 23 heavy (non-hydrogen) atoms. The van der Waals surface area contributed by atoms with Crippen LogP contribution in [0.1, 0.15) is 43.1 Å². The van der Waals surface area contributed by atoms with Gasteiger partial charge >= 0.3 is 0 Å². The standard InChI is InChI=1S/C16H26N4O.2ClH/c1-12-5-4-8-16(9-12,20(2)3)11-19-15(21)14-7-6-13(17)10-18-14;;/h6-7,10,12H,4-5,8-9,11,17H2,1-3H3,(H,19,21);2*1H. The molecule has 1 aliphatic carbocycles. The second-order valence-electron chi connectivity index (χ2n) is 6.48. The highest BCUT2D eigenvalue weighted by molar-refractivity contribution is 5.92. The summed E-state index contributed by atoms with van der Waals surface area (Å²) in [6, 6.07) is 3.36. The average molecular weight is 363 g/mol. The van der Waals surface area contributed by atoms with Crippen LogP contribution >= 0.6 is 24.8 Å². The highest BCUT2D eigenvalue weighted by Crippen LogP contribution is 2.35. The van der Waals surface area contributed by atoms with E-state index in [0.29, 0.717) is 23.8 Å². The third kappa shape index (κ3) is 5.52. The summed E-state index contributed by atoms with van der Waals surface area (Å²) in [6.07, 6.45) is 6.26. The number of hydrogen-bond acceptors (Lipinski definition) is 4. The van der Waals surface area contributed by atoms with Crippen molar-refractivity contribution in [1.29, 1.82) is 0 Å². The first kappa shape index (κ1) is 22.0. The van der Waals surface area contributed by atoms with Crippen LogP contribution in [0, 0.1) is 5.92 Å². The summed E-state index contributed by atoms with van der Waals surface area (Å²) in [6.45, 7) is 2.95. The summed E-state index contributed by atoms with van der Waals surface area (Å²) in [7, 11) is 4.21. The van der Waals surface area contributed by atoms with Gasteiger partial charge in [-0.25, -0.2) is 4.98 Å². The molecule has 1 amide bonds. The molecule has 132 valence electrons. The molecule has 1 fully saturated rings. The Hall–Kier alpha value is -1.04. The zero-order chi connectivity index (χ0) is 15.5. The molecule has 0 spiro atoms. The summed E-state index contributed by atoms with van der Waals surface area (Å²) in [5.41, 5.74) is 6.64. The number of nitrogens with zero attached hydrogens (tertiary/aromatic N) is 2. The number of halogens is 2. The van der Waals surface area contributed by atoms with E-state index in [9.17, 15) is 4.79 Å². The van der Waals surface area contributed by atoms with Crippen molar-refractivity contribution in [2.45, 2.75) is 38.1 Å². The third-order valence-electron chi connectivity index (χ3n) is 4.61. The maximum Gasteiger partial charge on any atom is 0.269 e. The summed E-state index contributed by atoms with van der Waals surface area (Å²) < 4.78 is 0. The Kier molecular flexibility index (Phi) is 8.88. The molecule has 2 atom stereocenters. The minimum atomic E-state index is -0.130. The quantitative estimate of drug-likeness (QED) is 0.863. The summed E-state index contributed by atoms with van der Waals surface area (Å²) in [5.74, 6) is 0.571. The maximum absolute atomic E-state index is 12.2.